The molecule has 0 atom stereocenters. The van der Waals surface area contributed by atoms with Crippen molar-refractivity contribution >= 4 is 40.9 Å². The summed E-state index contributed by atoms with van der Waals surface area (Å²) in [6.07, 6.45) is 0. The summed E-state index contributed by atoms with van der Waals surface area (Å²) in [6.45, 7) is 7.44. The molecule has 1 aromatic heterocycles. The number of hydrogen-bond donors (Lipinski definition) is 2. The summed E-state index contributed by atoms with van der Waals surface area (Å²) in [5.41, 5.74) is 9.88. The average Bonchev–Trinajstić information content (AvgIpc) is 2.54. The highest BCUT2D eigenvalue weighted by Gasteiger charge is 2.18. The van der Waals surface area contributed by atoms with Crippen LogP contribution < -0.4 is 11.1 Å². The molecule has 2 amide bonds. The van der Waals surface area contributed by atoms with E-state index in [4.69, 9.17) is 17.3 Å². The van der Waals surface area contributed by atoms with Gasteiger partial charge < -0.3 is 11.1 Å². The molecule has 25 heavy (non-hydrogen) atoms. The fourth-order valence-electron chi connectivity index (χ4n) is 2.37. The molecule has 0 unspecified atom stereocenters. The van der Waals surface area contributed by atoms with Gasteiger partial charge in [0, 0.05) is 16.4 Å². The van der Waals surface area contributed by atoms with Gasteiger partial charge in [-0.05, 0) is 56.5 Å². The normalized spacial score (nSPS) is 10.6. The maximum atomic E-state index is 12.2. The number of benzene rings is 1. The lowest BCUT2D eigenvalue weighted by Gasteiger charge is -2.14. The summed E-state index contributed by atoms with van der Waals surface area (Å²) in [7, 11) is 0. The summed E-state index contributed by atoms with van der Waals surface area (Å²) in [6, 6.07) is 5.33. The lowest BCUT2D eigenvalue weighted by molar-refractivity contribution is -0.113. The van der Waals surface area contributed by atoms with Gasteiger partial charge in [-0.1, -0.05) is 29.4 Å². The molecule has 0 aliphatic rings. The summed E-state index contributed by atoms with van der Waals surface area (Å²) in [5.74, 6) is -0.633. The highest BCUT2D eigenvalue weighted by Crippen LogP contribution is 2.27. The third-order valence-corrected chi connectivity index (χ3v) is 5.48. The van der Waals surface area contributed by atoms with E-state index in [0.29, 0.717) is 21.3 Å². The summed E-state index contributed by atoms with van der Waals surface area (Å²) >= 11 is 7.25. The summed E-state index contributed by atoms with van der Waals surface area (Å²) in [5, 5.41) is 3.89. The molecule has 1 heterocycles. The minimum Gasteiger partial charge on any atom is -0.366 e. The molecule has 0 bridgehead atoms. The van der Waals surface area contributed by atoms with Crippen LogP contribution in [0.2, 0.25) is 5.02 Å². The van der Waals surface area contributed by atoms with Gasteiger partial charge >= 0.3 is 0 Å². The van der Waals surface area contributed by atoms with E-state index in [9.17, 15) is 9.59 Å². The molecule has 0 saturated carbocycles. The van der Waals surface area contributed by atoms with E-state index in [1.54, 1.807) is 18.2 Å². The van der Waals surface area contributed by atoms with E-state index in [2.05, 4.69) is 10.3 Å². The van der Waals surface area contributed by atoms with Crippen molar-refractivity contribution in [3.63, 3.8) is 0 Å². The largest absolute Gasteiger partial charge is 0.366 e. The van der Waals surface area contributed by atoms with Gasteiger partial charge in [-0.2, -0.15) is 0 Å². The molecule has 132 valence electrons. The number of aryl methyl sites for hydroxylation is 1. The second-order valence-electron chi connectivity index (χ2n) is 5.74. The summed E-state index contributed by atoms with van der Waals surface area (Å²) in [4.78, 5) is 28.5. The van der Waals surface area contributed by atoms with Crippen LogP contribution in [-0.4, -0.2) is 22.6 Å². The molecule has 0 radical (unpaired) electrons. The van der Waals surface area contributed by atoms with Crippen LogP contribution in [0.5, 0.6) is 0 Å². The van der Waals surface area contributed by atoms with Crippen LogP contribution in [0.3, 0.4) is 0 Å². The number of thioether (sulfide) groups is 1. The smallest absolute Gasteiger partial charge is 0.251 e. The monoisotopic (exact) mass is 377 g/mol. The van der Waals surface area contributed by atoms with Crippen LogP contribution >= 0.6 is 23.4 Å². The number of nitrogens with one attached hydrogen (secondary N) is 1. The number of rotatable bonds is 5. The van der Waals surface area contributed by atoms with Gasteiger partial charge in [0.1, 0.15) is 5.03 Å². The zero-order valence-corrected chi connectivity index (χ0v) is 16.1. The molecular weight excluding hydrogens is 358 g/mol. The first-order valence-electron chi connectivity index (χ1n) is 7.67. The third-order valence-electron chi connectivity index (χ3n) is 4.09. The van der Waals surface area contributed by atoms with Crippen LogP contribution in [0.4, 0.5) is 5.69 Å². The van der Waals surface area contributed by atoms with Gasteiger partial charge in [-0.25, -0.2) is 4.98 Å². The van der Waals surface area contributed by atoms with E-state index in [1.165, 1.54) is 11.8 Å². The molecule has 1 aromatic carbocycles. The fourth-order valence-corrected chi connectivity index (χ4v) is 3.48. The van der Waals surface area contributed by atoms with E-state index in [1.807, 2.05) is 27.7 Å². The number of aromatic nitrogens is 1. The lowest BCUT2D eigenvalue weighted by Crippen LogP contribution is -2.19. The van der Waals surface area contributed by atoms with Gasteiger partial charge in [0.15, 0.2) is 0 Å². The Bertz CT molecular complexity index is 853. The number of primary amides is 1. The first-order chi connectivity index (χ1) is 11.7. The van der Waals surface area contributed by atoms with Crippen LogP contribution in [0.15, 0.2) is 23.2 Å². The zero-order chi connectivity index (χ0) is 18.7. The maximum Gasteiger partial charge on any atom is 0.251 e. The molecule has 7 heteroatoms. The minimum absolute atomic E-state index is 0.112. The van der Waals surface area contributed by atoms with Crippen molar-refractivity contribution in [3.05, 3.63) is 51.2 Å². The Morgan fingerprint density at radius 3 is 2.48 bits per heavy atom. The Hall–Kier alpha value is -2.05. The molecular formula is C18H20ClN3O2S. The van der Waals surface area contributed by atoms with Crippen molar-refractivity contribution in [2.24, 2.45) is 5.73 Å². The van der Waals surface area contributed by atoms with Gasteiger partial charge in [0.25, 0.3) is 5.91 Å². The number of nitrogens with two attached hydrogens (primary N) is 1. The minimum atomic E-state index is -0.540. The fraction of sp³-hybridized carbons (Fsp3) is 0.278. The number of carbonyl (C=O) groups excluding carboxylic acids is 2. The molecule has 2 aromatic rings. The number of nitrogens with zero attached hydrogens (tertiary/aromatic N) is 1. The Kier molecular flexibility index (Phi) is 6.08. The Balaban J connectivity index is 2.17. The molecule has 0 spiro atoms. The Morgan fingerprint density at radius 2 is 1.84 bits per heavy atom. The second-order valence-corrected chi connectivity index (χ2v) is 7.11. The van der Waals surface area contributed by atoms with Crippen LogP contribution in [0.1, 0.15) is 32.7 Å². The predicted molar refractivity (Wildman–Crippen MR) is 103 cm³/mol. The van der Waals surface area contributed by atoms with Gasteiger partial charge in [-0.15, -0.1) is 0 Å². The molecule has 2 rings (SSSR count). The standard InChI is InChI=1S/C18H20ClN3O2S/c1-9-10(2)16(17(20)24)18(21-12(9)4)25-8-15(23)22-14-7-5-6-13(19)11(14)3/h5-7H,8H2,1-4H3,(H2,20,24)(H,22,23). The number of hydrogen-bond acceptors (Lipinski definition) is 4. The van der Waals surface area contributed by atoms with Crippen LogP contribution in [0, 0.1) is 27.7 Å². The average molecular weight is 378 g/mol. The quantitative estimate of drug-likeness (QED) is 0.776. The van der Waals surface area contributed by atoms with Crippen molar-refractivity contribution in [2.45, 2.75) is 32.7 Å². The summed E-state index contributed by atoms with van der Waals surface area (Å²) < 4.78 is 0. The number of carbonyl (C=O) groups is 2. The molecule has 5 nitrogen and oxygen atoms in total. The first-order valence-corrected chi connectivity index (χ1v) is 9.04. The molecule has 0 fully saturated rings. The Morgan fingerprint density at radius 1 is 1.16 bits per heavy atom. The van der Waals surface area contributed by atoms with E-state index < -0.39 is 5.91 Å². The van der Waals surface area contributed by atoms with Crippen LogP contribution in [-0.2, 0) is 4.79 Å². The topological polar surface area (TPSA) is 85.1 Å². The third kappa shape index (κ3) is 4.32. The molecule has 0 saturated heterocycles. The van der Waals surface area contributed by atoms with Gasteiger partial charge in [0.05, 0.1) is 11.3 Å². The first kappa shape index (κ1) is 19.3. The molecule has 0 aliphatic heterocycles. The number of pyridine rings is 1. The SMILES string of the molecule is Cc1nc(SCC(=O)Nc2cccc(Cl)c2C)c(C(N)=O)c(C)c1C. The molecule has 0 aliphatic carbocycles. The number of amides is 2. The van der Waals surface area contributed by atoms with Crippen molar-refractivity contribution < 1.29 is 9.59 Å². The number of anilines is 1. The van der Waals surface area contributed by atoms with E-state index in [-0.39, 0.29) is 11.7 Å². The highest BCUT2D eigenvalue weighted by atomic mass is 35.5. The van der Waals surface area contributed by atoms with E-state index >= 15 is 0 Å². The molecule has 3 N–H and O–H groups in total. The van der Waals surface area contributed by atoms with Crippen molar-refractivity contribution in [1.29, 1.82) is 0 Å². The van der Waals surface area contributed by atoms with Crippen molar-refractivity contribution in [3.8, 4) is 0 Å². The van der Waals surface area contributed by atoms with Gasteiger partial charge in [-0.3, -0.25) is 9.59 Å². The van der Waals surface area contributed by atoms with E-state index in [0.717, 1.165) is 22.4 Å². The highest BCUT2D eigenvalue weighted by molar-refractivity contribution is 8.00. The Labute approximate surface area is 156 Å². The zero-order valence-electron chi connectivity index (χ0n) is 14.6. The maximum absolute atomic E-state index is 12.2. The van der Waals surface area contributed by atoms with Crippen molar-refractivity contribution in [1.82, 2.24) is 4.98 Å². The second kappa shape index (κ2) is 7.89. The van der Waals surface area contributed by atoms with Crippen molar-refractivity contribution in [2.75, 3.05) is 11.1 Å². The van der Waals surface area contributed by atoms with Crippen LogP contribution in [0.25, 0.3) is 0 Å². The van der Waals surface area contributed by atoms with Gasteiger partial charge in [0.2, 0.25) is 5.91 Å². The number of halogens is 1. The lowest BCUT2D eigenvalue weighted by atomic mass is 10.0. The predicted octanol–water partition coefficient (Wildman–Crippen LogP) is 3.80.